The first kappa shape index (κ1) is 15.6. The summed E-state index contributed by atoms with van der Waals surface area (Å²) in [5, 5.41) is 6.59. The van der Waals surface area contributed by atoms with Gasteiger partial charge in [-0.2, -0.15) is 0 Å². The number of carbonyl (C=O) groups excluding carboxylic acids is 2. The van der Waals surface area contributed by atoms with Gasteiger partial charge in [-0.3, -0.25) is 9.59 Å². The summed E-state index contributed by atoms with van der Waals surface area (Å²) in [4.78, 5) is 26.5. The monoisotopic (exact) mass is 331 g/mol. The number of hydrogen-bond donors (Lipinski definition) is 1. The van der Waals surface area contributed by atoms with Crippen molar-refractivity contribution in [1.29, 1.82) is 0 Å². The van der Waals surface area contributed by atoms with Gasteiger partial charge in [0.05, 0.1) is 18.1 Å². The van der Waals surface area contributed by atoms with Gasteiger partial charge in [-0.25, -0.2) is 0 Å². The molecule has 3 rings (SSSR count). The normalized spacial score (nSPS) is 17.3. The van der Waals surface area contributed by atoms with Crippen LogP contribution >= 0.6 is 11.8 Å². The van der Waals surface area contributed by atoms with E-state index < -0.39 is 6.04 Å². The minimum absolute atomic E-state index is 0.119. The lowest BCUT2D eigenvalue weighted by molar-refractivity contribution is -0.124. The second-order valence-electron chi connectivity index (χ2n) is 5.31. The van der Waals surface area contributed by atoms with E-state index in [2.05, 4.69) is 10.5 Å². The number of aromatic nitrogens is 1. The van der Waals surface area contributed by atoms with Gasteiger partial charge in [0.1, 0.15) is 6.04 Å². The third-order valence-corrected chi connectivity index (χ3v) is 4.59. The zero-order valence-corrected chi connectivity index (χ0v) is 13.5. The van der Waals surface area contributed by atoms with Gasteiger partial charge in [0.25, 0.3) is 5.91 Å². The lowest BCUT2D eigenvalue weighted by Crippen LogP contribution is -2.47. The smallest absolute Gasteiger partial charge is 0.255 e. The van der Waals surface area contributed by atoms with Crippen LogP contribution in [0.4, 0.5) is 0 Å². The molecular formula is C16H17N3O3S. The predicted octanol–water partition coefficient (Wildman–Crippen LogP) is 1.81. The number of benzene rings is 1. The molecular weight excluding hydrogens is 314 g/mol. The molecule has 23 heavy (non-hydrogen) atoms. The maximum atomic E-state index is 12.5. The van der Waals surface area contributed by atoms with Crippen LogP contribution in [0.2, 0.25) is 0 Å². The van der Waals surface area contributed by atoms with Crippen LogP contribution in [0.3, 0.4) is 0 Å². The number of thioether (sulfide) groups is 1. The molecule has 6 nitrogen and oxygen atoms in total. The van der Waals surface area contributed by atoms with E-state index in [-0.39, 0.29) is 18.4 Å². The van der Waals surface area contributed by atoms with Gasteiger partial charge < -0.3 is 14.7 Å². The van der Waals surface area contributed by atoms with E-state index in [1.165, 1.54) is 0 Å². The molecule has 0 aliphatic carbocycles. The topological polar surface area (TPSA) is 75.4 Å². The van der Waals surface area contributed by atoms with Crippen LogP contribution in [0, 0.1) is 6.92 Å². The number of amides is 2. The Labute approximate surface area is 138 Å². The first-order valence-corrected chi connectivity index (χ1v) is 8.44. The fraction of sp³-hybridized carbons (Fsp3) is 0.312. The molecule has 0 bridgehead atoms. The largest absolute Gasteiger partial charge is 0.359 e. The first-order chi connectivity index (χ1) is 11.1. The van der Waals surface area contributed by atoms with Gasteiger partial charge in [-0.05, 0) is 19.1 Å². The summed E-state index contributed by atoms with van der Waals surface area (Å²) >= 11 is 1.58. The summed E-state index contributed by atoms with van der Waals surface area (Å²) in [6, 6.07) is 10.3. The molecule has 1 aromatic heterocycles. The molecule has 1 aromatic carbocycles. The molecule has 1 aliphatic rings. The van der Waals surface area contributed by atoms with Crippen LogP contribution in [-0.2, 0) is 11.3 Å². The Balaban J connectivity index is 1.64. The second kappa shape index (κ2) is 6.87. The summed E-state index contributed by atoms with van der Waals surface area (Å²) in [5.41, 5.74) is 1.37. The molecule has 1 saturated heterocycles. The van der Waals surface area contributed by atoms with Gasteiger partial charge in [0.15, 0.2) is 5.76 Å². The molecule has 2 heterocycles. The number of nitrogens with one attached hydrogen (secondary N) is 1. The highest BCUT2D eigenvalue weighted by molar-refractivity contribution is 7.99. The molecule has 0 saturated carbocycles. The van der Waals surface area contributed by atoms with Crippen molar-refractivity contribution >= 4 is 23.6 Å². The fourth-order valence-corrected chi connectivity index (χ4v) is 3.55. The second-order valence-corrected chi connectivity index (χ2v) is 6.31. The molecule has 120 valence electrons. The highest BCUT2D eigenvalue weighted by Gasteiger charge is 2.35. The Hall–Kier alpha value is -2.28. The number of nitrogens with zero attached hydrogens (tertiary/aromatic N) is 2. The molecule has 1 atom stereocenters. The maximum absolute atomic E-state index is 12.5. The quantitative estimate of drug-likeness (QED) is 0.925. The van der Waals surface area contributed by atoms with Crippen molar-refractivity contribution in [3.05, 3.63) is 53.4 Å². The molecule has 0 radical (unpaired) electrons. The molecule has 2 amide bonds. The highest BCUT2D eigenvalue weighted by atomic mass is 32.2. The van der Waals surface area contributed by atoms with Crippen LogP contribution in [0.1, 0.15) is 21.8 Å². The molecule has 1 N–H and O–H groups in total. The van der Waals surface area contributed by atoms with Crippen LogP contribution in [-0.4, -0.2) is 39.5 Å². The van der Waals surface area contributed by atoms with Crippen LogP contribution in [0.5, 0.6) is 0 Å². The van der Waals surface area contributed by atoms with E-state index in [4.69, 9.17) is 4.52 Å². The first-order valence-electron chi connectivity index (χ1n) is 7.29. The molecule has 7 heteroatoms. The van der Waals surface area contributed by atoms with Gasteiger partial charge in [-0.15, -0.1) is 11.8 Å². The summed E-state index contributed by atoms with van der Waals surface area (Å²) in [6.07, 6.45) is 0. The average molecular weight is 331 g/mol. The zero-order valence-electron chi connectivity index (χ0n) is 12.7. The molecule has 1 fully saturated rings. The van der Waals surface area contributed by atoms with Gasteiger partial charge >= 0.3 is 0 Å². The van der Waals surface area contributed by atoms with E-state index in [0.717, 1.165) is 5.69 Å². The number of hydrogen-bond acceptors (Lipinski definition) is 5. The van der Waals surface area contributed by atoms with Crippen LogP contribution < -0.4 is 5.32 Å². The van der Waals surface area contributed by atoms with Crippen molar-refractivity contribution < 1.29 is 14.1 Å². The van der Waals surface area contributed by atoms with Crippen LogP contribution in [0.25, 0.3) is 0 Å². The minimum atomic E-state index is -0.461. The third-order valence-electron chi connectivity index (χ3n) is 3.58. The predicted molar refractivity (Wildman–Crippen MR) is 86.8 cm³/mol. The fourth-order valence-electron chi connectivity index (χ4n) is 2.40. The average Bonchev–Trinajstić information content (AvgIpc) is 3.21. The summed E-state index contributed by atoms with van der Waals surface area (Å²) < 4.78 is 5.07. The van der Waals surface area contributed by atoms with E-state index in [0.29, 0.717) is 23.0 Å². The third kappa shape index (κ3) is 3.56. The van der Waals surface area contributed by atoms with Crippen molar-refractivity contribution in [2.24, 2.45) is 0 Å². The Kier molecular flexibility index (Phi) is 4.66. The van der Waals surface area contributed by atoms with Gasteiger partial charge in [0.2, 0.25) is 5.91 Å². The van der Waals surface area contributed by atoms with Crippen LogP contribution in [0.15, 0.2) is 40.9 Å². The Morgan fingerprint density at radius 2 is 2.17 bits per heavy atom. The van der Waals surface area contributed by atoms with Gasteiger partial charge in [0, 0.05) is 17.4 Å². The Morgan fingerprint density at radius 3 is 2.87 bits per heavy atom. The van der Waals surface area contributed by atoms with Crippen molar-refractivity contribution in [3.8, 4) is 0 Å². The number of carbonyl (C=O) groups is 2. The molecule has 0 unspecified atom stereocenters. The van der Waals surface area contributed by atoms with E-state index >= 15 is 0 Å². The Bertz CT molecular complexity index is 702. The zero-order chi connectivity index (χ0) is 16.2. The molecule has 0 spiro atoms. The van der Waals surface area contributed by atoms with Gasteiger partial charge in [-0.1, -0.05) is 23.4 Å². The molecule has 2 aromatic rings. The number of aryl methyl sites for hydroxylation is 1. The van der Waals surface area contributed by atoms with E-state index in [1.54, 1.807) is 34.9 Å². The van der Waals surface area contributed by atoms with Crippen molar-refractivity contribution in [2.45, 2.75) is 19.5 Å². The van der Waals surface area contributed by atoms with Crippen molar-refractivity contribution in [1.82, 2.24) is 15.4 Å². The maximum Gasteiger partial charge on any atom is 0.255 e. The standard InChI is InChI=1S/C16H17N3O3S/c1-11-7-13(22-18-11)8-17-15(20)14-9-23-10-19(14)16(21)12-5-3-2-4-6-12/h2-7,14H,8-10H2,1H3,(H,17,20)/t14-/m0/s1. The van der Waals surface area contributed by atoms with Crippen molar-refractivity contribution in [2.75, 3.05) is 11.6 Å². The highest BCUT2D eigenvalue weighted by Crippen LogP contribution is 2.23. The summed E-state index contributed by atoms with van der Waals surface area (Å²) in [7, 11) is 0. The number of rotatable bonds is 4. The van der Waals surface area contributed by atoms with E-state index in [1.807, 2.05) is 25.1 Å². The summed E-state index contributed by atoms with van der Waals surface area (Å²) in [6.45, 7) is 2.09. The SMILES string of the molecule is Cc1cc(CNC(=O)[C@@H]2CSCN2C(=O)c2ccccc2)on1. The van der Waals surface area contributed by atoms with Crippen molar-refractivity contribution in [3.63, 3.8) is 0 Å². The lowest BCUT2D eigenvalue weighted by atomic mass is 10.1. The Morgan fingerprint density at radius 1 is 1.39 bits per heavy atom. The lowest BCUT2D eigenvalue weighted by Gasteiger charge is -2.22. The van der Waals surface area contributed by atoms with E-state index in [9.17, 15) is 9.59 Å². The summed E-state index contributed by atoms with van der Waals surface area (Å²) in [5.74, 6) is 1.43. The minimum Gasteiger partial charge on any atom is -0.359 e. The molecule has 1 aliphatic heterocycles.